The molecule has 1 aliphatic carbocycles. The second-order valence-electron chi connectivity index (χ2n) is 6.10. The van der Waals surface area contributed by atoms with E-state index < -0.39 is 11.6 Å². The van der Waals surface area contributed by atoms with E-state index in [-0.39, 0.29) is 17.2 Å². The molecule has 0 aromatic heterocycles. The summed E-state index contributed by atoms with van der Waals surface area (Å²) in [6.07, 6.45) is 5.37. The number of ether oxygens (including phenoxy) is 1. The van der Waals surface area contributed by atoms with E-state index in [2.05, 4.69) is 6.07 Å². The van der Waals surface area contributed by atoms with Gasteiger partial charge in [-0.25, -0.2) is 4.39 Å². The molecule has 112 valence electrons. The molecule has 1 aromatic carbocycles. The summed E-state index contributed by atoms with van der Waals surface area (Å²) in [4.78, 5) is 1.88. The van der Waals surface area contributed by atoms with E-state index in [1.54, 1.807) is 0 Å². The Morgan fingerprint density at radius 2 is 2.05 bits per heavy atom. The predicted molar refractivity (Wildman–Crippen MR) is 75.2 cm³/mol. The Bertz CT molecular complexity index is 591. The maximum atomic E-state index is 13.9. The van der Waals surface area contributed by atoms with Crippen molar-refractivity contribution in [1.82, 2.24) is 0 Å². The zero-order valence-corrected chi connectivity index (χ0v) is 12.0. The Labute approximate surface area is 123 Å². The number of rotatable bonds is 2. The van der Waals surface area contributed by atoms with Gasteiger partial charge in [-0.15, -0.1) is 0 Å². The predicted octanol–water partition coefficient (Wildman–Crippen LogP) is 3.64. The highest BCUT2D eigenvalue weighted by Gasteiger charge is 2.46. The van der Waals surface area contributed by atoms with Gasteiger partial charge in [0.1, 0.15) is 6.04 Å². The molecular weight excluding hydrogens is 274 g/mol. The second-order valence-corrected chi connectivity index (χ2v) is 6.10. The maximum absolute atomic E-state index is 13.9. The fourth-order valence-corrected chi connectivity index (χ4v) is 3.85. The van der Waals surface area contributed by atoms with Gasteiger partial charge in [0.25, 0.3) is 0 Å². The molecule has 1 unspecified atom stereocenters. The van der Waals surface area contributed by atoms with Gasteiger partial charge in [-0.05, 0) is 36.8 Å². The molecule has 1 aliphatic heterocycles. The van der Waals surface area contributed by atoms with Gasteiger partial charge in [0, 0.05) is 6.54 Å². The van der Waals surface area contributed by atoms with Crippen LogP contribution in [0.5, 0.6) is 5.75 Å². The number of anilines is 1. The Morgan fingerprint density at radius 1 is 1.33 bits per heavy atom. The van der Waals surface area contributed by atoms with E-state index in [4.69, 9.17) is 4.74 Å². The monoisotopic (exact) mass is 292 g/mol. The molecule has 3 nitrogen and oxygen atoms in total. The number of methoxy groups -OCH3 is 1. The quantitative estimate of drug-likeness (QED) is 0.835. The molecule has 1 saturated heterocycles. The summed E-state index contributed by atoms with van der Waals surface area (Å²) in [5.41, 5.74) is 0.628. The van der Waals surface area contributed by atoms with Crippen LogP contribution in [0.3, 0.4) is 0 Å². The third-order valence-electron chi connectivity index (χ3n) is 4.86. The summed E-state index contributed by atoms with van der Waals surface area (Å²) < 4.78 is 32.3. The van der Waals surface area contributed by atoms with Gasteiger partial charge < -0.3 is 9.64 Å². The summed E-state index contributed by atoms with van der Waals surface area (Å²) in [7, 11) is 1.32. The highest BCUT2D eigenvalue weighted by molar-refractivity contribution is 5.62. The largest absolute Gasteiger partial charge is 0.491 e. The molecular formula is C16H18F2N2O. The summed E-state index contributed by atoms with van der Waals surface area (Å²) in [6, 6.07) is 4.61. The Balaban J connectivity index is 2.00. The third-order valence-corrected chi connectivity index (χ3v) is 4.86. The Morgan fingerprint density at radius 3 is 2.67 bits per heavy atom. The highest BCUT2D eigenvalue weighted by Crippen LogP contribution is 2.50. The number of halogens is 2. The lowest BCUT2D eigenvalue weighted by Gasteiger charge is -2.26. The summed E-state index contributed by atoms with van der Waals surface area (Å²) in [5.74, 6) is -2.02. The number of nitrogens with zero attached hydrogens (tertiary/aromatic N) is 2. The van der Waals surface area contributed by atoms with Gasteiger partial charge in [0.2, 0.25) is 5.82 Å². The molecule has 0 N–H and O–H groups in total. The molecule has 2 fully saturated rings. The van der Waals surface area contributed by atoms with Crippen molar-refractivity contribution in [3.63, 3.8) is 0 Å². The van der Waals surface area contributed by atoms with Crippen molar-refractivity contribution in [2.75, 3.05) is 18.6 Å². The smallest absolute Gasteiger partial charge is 0.202 e. The van der Waals surface area contributed by atoms with Crippen molar-refractivity contribution < 1.29 is 13.5 Å². The van der Waals surface area contributed by atoms with E-state index in [0.29, 0.717) is 12.2 Å². The van der Waals surface area contributed by atoms with Gasteiger partial charge in [0.05, 0.1) is 18.9 Å². The van der Waals surface area contributed by atoms with Crippen molar-refractivity contribution in [3.05, 3.63) is 23.8 Å². The van der Waals surface area contributed by atoms with Gasteiger partial charge in [0.15, 0.2) is 11.6 Å². The number of nitriles is 1. The fourth-order valence-electron chi connectivity index (χ4n) is 3.85. The van der Waals surface area contributed by atoms with Gasteiger partial charge in [-0.2, -0.15) is 9.65 Å². The van der Waals surface area contributed by atoms with E-state index in [1.165, 1.54) is 26.0 Å². The lowest BCUT2D eigenvalue weighted by atomic mass is 9.84. The normalized spacial score (nSPS) is 23.5. The van der Waals surface area contributed by atoms with Crippen LogP contribution in [-0.2, 0) is 0 Å². The van der Waals surface area contributed by atoms with Crippen molar-refractivity contribution in [3.8, 4) is 11.8 Å². The van der Waals surface area contributed by atoms with Gasteiger partial charge >= 0.3 is 0 Å². The Kier molecular flexibility index (Phi) is 3.48. The van der Waals surface area contributed by atoms with Crippen LogP contribution in [0.1, 0.15) is 32.1 Å². The van der Waals surface area contributed by atoms with E-state index in [0.717, 1.165) is 25.3 Å². The molecule has 0 bridgehead atoms. The van der Waals surface area contributed by atoms with Gasteiger partial charge in [-0.1, -0.05) is 12.8 Å². The number of hydrogen-bond acceptors (Lipinski definition) is 3. The van der Waals surface area contributed by atoms with E-state index in [9.17, 15) is 14.0 Å². The molecule has 0 amide bonds. The molecule has 0 radical (unpaired) electrons. The topological polar surface area (TPSA) is 36.3 Å². The van der Waals surface area contributed by atoms with Gasteiger partial charge in [-0.3, -0.25) is 0 Å². The minimum atomic E-state index is -0.987. The van der Waals surface area contributed by atoms with Crippen molar-refractivity contribution in [2.24, 2.45) is 5.41 Å². The lowest BCUT2D eigenvalue weighted by molar-refractivity contribution is 0.335. The first-order valence-corrected chi connectivity index (χ1v) is 7.28. The van der Waals surface area contributed by atoms with Crippen LogP contribution in [0.4, 0.5) is 14.5 Å². The van der Waals surface area contributed by atoms with Crippen LogP contribution in [-0.4, -0.2) is 19.7 Å². The number of benzene rings is 1. The first-order chi connectivity index (χ1) is 10.1. The molecule has 3 rings (SSSR count). The number of hydrogen-bond donors (Lipinski definition) is 0. The standard InChI is InChI=1S/C16H18F2N2O/c1-21-15-13(5-4-12(17)14(15)18)20-10-16(6-2-3-7-16)8-11(20)9-19/h4-5,11H,2-3,6-8,10H2,1H3. The highest BCUT2D eigenvalue weighted by atomic mass is 19.2. The molecule has 1 atom stereocenters. The minimum Gasteiger partial charge on any atom is -0.491 e. The first-order valence-electron chi connectivity index (χ1n) is 7.28. The zero-order chi connectivity index (χ0) is 15.0. The average Bonchev–Trinajstić information content (AvgIpc) is 3.09. The van der Waals surface area contributed by atoms with Crippen LogP contribution in [0.15, 0.2) is 12.1 Å². The first kappa shape index (κ1) is 14.1. The third kappa shape index (κ3) is 2.23. The molecule has 1 aromatic rings. The van der Waals surface area contributed by atoms with Crippen LogP contribution < -0.4 is 9.64 Å². The molecule has 1 saturated carbocycles. The Hall–Kier alpha value is -1.83. The lowest BCUT2D eigenvalue weighted by Crippen LogP contribution is -2.30. The van der Waals surface area contributed by atoms with E-state index >= 15 is 0 Å². The van der Waals surface area contributed by atoms with Crippen LogP contribution in [0, 0.1) is 28.4 Å². The fraction of sp³-hybridized carbons (Fsp3) is 0.562. The van der Waals surface area contributed by atoms with Crippen molar-refractivity contribution in [2.45, 2.75) is 38.1 Å². The SMILES string of the molecule is COc1c(N2CC3(CCCC3)CC2C#N)ccc(F)c1F. The second kappa shape index (κ2) is 5.18. The minimum absolute atomic E-state index is 0.106. The van der Waals surface area contributed by atoms with Crippen LogP contribution in [0.25, 0.3) is 0 Å². The average molecular weight is 292 g/mol. The van der Waals surface area contributed by atoms with E-state index in [1.807, 2.05) is 4.90 Å². The maximum Gasteiger partial charge on any atom is 0.202 e. The molecule has 21 heavy (non-hydrogen) atoms. The van der Waals surface area contributed by atoms with Crippen molar-refractivity contribution in [1.29, 1.82) is 5.26 Å². The summed E-state index contributed by atoms with van der Waals surface area (Å²) >= 11 is 0. The van der Waals surface area contributed by atoms with Crippen LogP contribution in [0.2, 0.25) is 0 Å². The summed E-state index contributed by atoms with van der Waals surface area (Å²) in [5, 5.41) is 9.43. The summed E-state index contributed by atoms with van der Waals surface area (Å²) in [6.45, 7) is 0.715. The van der Waals surface area contributed by atoms with Crippen LogP contribution >= 0.6 is 0 Å². The molecule has 1 spiro atoms. The molecule has 2 aliphatic rings. The van der Waals surface area contributed by atoms with Crippen molar-refractivity contribution >= 4 is 5.69 Å². The molecule has 5 heteroatoms. The zero-order valence-electron chi connectivity index (χ0n) is 12.0. The molecule has 1 heterocycles.